The first-order valence-electron chi connectivity index (χ1n) is 9.93. The van der Waals surface area contributed by atoms with E-state index in [9.17, 15) is 13.2 Å². The van der Waals surface area contributed by atoms with Crippen LogP contribution in [0.4, 0.5) is 5.69 Å². The maximum absolute atomic E-state index is 12.7. The summed E-state index contributed by atoms with van der Waals surface area (Å²) in [7, 11) is -2.14. The molecule has 0 atom stereocenters. The zero-order chi connectivity index (χ0) is 22.4. The molecule has 0 aliphatic carbocycles. The summed E-state index contributed by atoms with van der Waals surface area (Å²) in [5.74, 6) is 0.300. The highest BCUT2D eigenvalue weighted by atomic mass is 32.2. The lowest BCUT2D eigenvalue weighted by Gasteiger charge is -2.21. The molecule has 31 heavy (non-hydrogen) atoms. The van der Waals surface area contributed by atoms with Crippen LogP contribution in [-0.2, 0) is 16.6 Å². The van der Waals surface area contributed by atoms with E-state index in [1.165, 1.54) is 23.5 Å². The third-order valence-corrected chi connectivity index (χ3v) is 6.89. The van der Waals surface area contributed by atoms with Gasteiger partial charge in [0.15, 0.2) is 0 Å². The maximum atomic E-state index is 12.7. The van der Waals surface area contributed by atoms with Gasteiger partial charge >= 0.3 is 0 Å². The van der Waals surface area contributed by atoms with Crippen molar-refractivity contribution in [3.05, 3.63) is 90.0 Å². The molecule has 1 N–H and O–H groups in total. The molecule has 0 bridgehead atoms. The molecular weight excluding hydrogens is 412 g/mol. The molecule has 3 aromatic rings. The highest BCUT2D eigenvalue weighted by molar-refractivity contribution is 7.89. The number of hydrogen-bond acceptors (Lipinski definition) is 4. The van der Waals surface area contributed by atoms with Gasteiger partial charge in [0.1, 0.15) is 12.4 Å². The number of hydrogen-bond donors (Lipinski definition) is 1. The Hall–Kier alpha value is -3.16. The van der Waals surface area contributed by atoms with E-state index in [1.807, 2.05) is 30.3 Å². The molecule has 0 spiro atoms. The molecule has 3 rings (SSSR count). The van der Waals surface area contributed by atoms with E-state index in [2.05, 4.69) is 5.32 Å². The van der Waals surface area contributed by atoms with Crippen molar-refractivity contribution in [2.24, 2.45) is 0 Å². The summed E-state index contributed by atoms with van der Waals surface area (Å²) in [5.41, 5.74) is 1.92. The summed E-state index contributed by atoms with van der Waals surface area (Å²) in [6.07, 6.45) is 0. The molecule has 3 aromatic carbocycles. The van der Waals surface area contributed by atoms with Crippen LogP contribution in [0.3, 0.4) is 0 Å². The van der Waals surface area contributed by atoms with Crippen molar-refractivity contribution in [1.82, 2.24) is 4.31 Å². The Morgan fingerprint density at radius 2 is 1.65 bits per heavy atom. The van der Waals surface area contributed by atoms with E-state index in [0.29, 0.717) is 18.0 Å². The number of sulfonamides is 1. The summed E-state index contributed by atoms with van der Waals surface area (Å²) in [5, 5.41) is 2.79. The Bertz CT molecular complexity index is 1130. The number of ether oxygens (including phenoxy) is 1. The minimum atomic E-state index is -3.67. The quantitative estimate of drug-likeness (QED) is 0.560. The second-order valence-electron chi connectivity index (χ2n) is 7.40. The zero-order valence-electron chi connectivity index (χ0n) is 17.8. The molecule has 6 nitrogen and oxygen atoms in total. The Balaban J connectivity index is 1.66. The molecule has 0 unspecified atom stereocenters. The molecule has 0 heterocycles. The number of carbonyl (C=O) groups is 1. The van der Waals surface area contributed by atoms with Gasteiger partial charge in [-0.1, -0.05) is 36.4 Å². The van der Waals surface area contributed by atoms with E-state index < -0.39 is 10.0 Å². The van der Waals surface area contributed by atoms with Gasteiger partial charge in [0.05, 0.1) is 4.90 Å². The minimum absolute atomic E-state index is 0.0843. The van der Waals surface area contributed by atoms with Gasteiger partial charge in [-0.25, -0.2) is 8.42 Å². The van der Waals surface area contributed by atoms with E-state index in [0.717, 1.165) is 5.56 Å². The van der Waals surface area contributed by atoms with E-state index >= 15 is 0 Å². The van der Waals surface area contributed by atoms with Gasteiger partial charge in [0.2, 0.25) is 10.0 Å². The molecule has 0 saturated carbocycles. The van der Waals surface area contributed by atoms with Crippen LogP contribution in [0.15, 0.2) is 83.8 Å². The lowest BCUT2D eigenvalue weighted by atomic mass is 10.2. The summed E-state index contributed by atoms with van der Waals surface area (Å²) >= 11 is 0. The Morgan fingerprint density at radius 1 is 0.968 bits per heavy atom. The Labute approximate surface area is 183 Å². The van der Waals surface area contributed by atoms with Crippen LogP contribution in [-0.4, -0.2) is 31.7 Å². The fourth-order valence-electron chi connectivity index (χ4n) is 2.82. The van der Waals surface area contributed by atoms with Gasteiger partial charge in [-0.2, -0.15) is 4.31 Å². The second-order valence-corrected chi connectivity index (χ2v) is 9.39. The van der Waals surface area contributed by atoms with E-state index in [1.54, 1.807) is 50.2 Å². The first-order valence-corrected chi connectivity index (χ1v) is 11.4. The van der Waals surface area contributed by atoms with Crippen LogP contribution >= 0.6 is 0 Å². The second kappa shape index (κ2) is 9.76. The summed E-state index contributed by atoms with van der Waals surface area (Å²) in [6, 6.07) is 22.7. The minimum Gasteiger partial charge on any atom is -0.489 e. The fraction of sp³-hybridized carbons (Fsp3) is 0.208. The van der Waals surface area contributed by atoms with Crippen LogP contribution in [0, 0.1) is 0 Å². The monoisotopic (exact) mass is 438 g/mol. The number of nitrogens with one attached hydrogen (secondary N) is 1. The Morgan fingerprint density at radius 3 is 2.29 bits per heavy atom. The van der Waals surface area contributed by atoms with Crippen molar-refractivity contribution in [2.75, 3.05) is 12.4 Å². The molecule has 0 aromatic heterocycles. The predicted octanol–water partition coefficient (Wildman–Crippen LogP) is 4.55. The molecule has 162 valence electrons. The summed E-state index contributed by atoms with van der Waals surface area (Å²) in [6.45, 7) is 4.04. The molecule has 0 fully saturated rings. The van der Waals surface area contributed by atoms with Gasteiger partial charge < -0.3 is 10.1 Å². The normalized spacial score (nSPS) is 11.5. The Kier molecular flexibility index (Phi) is 7.09. The van der Waals surface area contributed by atoms with Gasteiger partial charge in [0, 0.05) is 24.3 Å². The lowest BCUT2D eigenvalue weighted by molar-refractivity contribution is 0.102. The van der Waals surface area contributed by atoms with E-state index in [4.69, 9.17) is 4.74 Å². The maximum Gasteiger partial charge on any atom is 0.255 e. The molecular formula is C24H26N2O4S. The smallest absolute Gasteiger partial charge is 0.255 e. The number of carbonyl (C=O) groups excluding carboxylic acids is 1. The van der Waals surface area contributed by atoms with Gasteiger partial charge in [-0.15, -0.1) is 0 Å². The van der Waals surface area contributed by atoms with Crippen molar-refractivity contribution in [3.63, 3.8) is 0 Å². The SMILES string of the molecule is CC(C)N(C)S(=O)(=O)c1cccc(C(=O)Nc2ccc(OCc3ccccc3)cc2)c1. The fourth-order valence-corrected chi connectivity index (χ4v) is 4.23. The summed E-state index contributed by atoms with van der Waals surface area (Å²) < 4.78 is 32.4. The zero-order valence-corrected chi connectivity index (χ0v) is 18.6. The largest absolute Gasteiger partial charge is 0.489 e. The van der Waals surface area contributed by atoms with Crippen molar-refractivity contribution in [2.45, 2.75) is 31.4 Å². The molecule has 0 aliphatic rings. The highest BCUT2D eigenvalue weighted by Gasteiger charge is 2.23. The third kappa shape index (κ3) is 5.71. The van der Waals surface area contributed by atoms with Crippen molar-refractivity contribution in [3.8, 4) is 5.75 Å². The highest BCUT2D eigenvalue weighted by Crippen LogP contribution is 2.20. The lowest BCUT2D eigenvalue weighted by Crippen LogP contribution is -2.33. The number of benzene rings is 3. The molecule has 0 saturated heterocycles. The molecule has 0 radical (unpaired) electrons. The summed E-state index contributed by atoms with van der Waals surface area (Å²) in [4.78, 5) is 12.7. The molecule has 7 heteroatoms. The van der Waals surface area contributed by atoms with Crippen molar-refractivity contribution < 1.29 is 17.9 Å². The van der Waals surface area contributed by atoms with Crippen LogP contribution in [0.5, 0.6) is 5.75 Å². The number of rotatable bonds is 8. The molecule has 0 aliphatic heterocycles. The first-order chi connectivity index (χ1) is 14.8. The topological polar surface area (TPSA) is 75.7 Å². The van der Waals surface area contributed by atoms with Crippen LogP contribution in [0.25, 0.3) is 0 Å². The molecule has 1 amide bonds. The van der Waals surface area contributed by atoms with Gasteiger partial charge in [-0.3, -0.25) is 4.79 Å². The van der Waals surface area contributed by atoms with E-state index in [-0.39, 0.29) is 22.4 Å². The number of amides is 1. The predicted molar refractivity (Wildman–Crippen MR) is 122 cm³/mol. The number of anilines is 1. The first kappa shape index (κ1) is 22.5. The van der Waals surface area contributed by atoms with Gasteiger partial charge in [-0.05, 0) is 61.9 Å². The van der Waals surface area contributed by atoms with Crippen LogP contribution in [0.1, 0.15) is 29.8 Å². The average Bonchev–Trinajstić information content (AvgIpc) is 2.78. The third-order valence-electron chi connectivity index (χ3n) is 4.86. The van der Waals surface area contributed by atoms with Crippen LogP contribution < -0.4 is 10.1 Å². The van der Waals surface area contributed by atoms with Crippen LogP contribution in [0.2, 0.25) is 0 Å². The van der Waals surface area contributed by atoms with Crippen molar-refractivity contribution >= 4 is 21.6 Å². The standard InChI is InChI=1S/C24H26N2O4S/c1-18(2)26(3)31(28,29)23-11-7-10-20(16-23)24(27)25-21-12-14-22(15-13-21)30-17-19-8-5-4-6-9-19/h4-16,18H,17H2,1-3H3,(H,25,27). The van der Waals surface area contributed by atoms with Crippen molar-refractivity contribution in [1.29, 1.82) is 0 Å². The average molecular weight is 439 g/mol. The van der Waals surface area contributed by atoms with Gasteiger partial charge in [0.25, 0.3) is 5.91 Å². The number of nitrogens with zero attached hydrogens (tertiary/aromatic N) is 1.